The first kappa shape index (κ1) is 16.2. The number of carbonyl (C=O) groups excluding carboxylic acids is 1. The Morgan fingerprint density at radius 2 is 1.92 bits per heavy atom. The number of rotatable bonds is 4. The Kier molecular flexibility index (Phi) is 4.09. The Morgan fingerprint density at radius 1 is 1.21 bits per heavy atom. The molecule has 1 unspecified atom stereocenters. The third-order valence-corrected chi connectivity index (χ3v) is 5.25. The Bertz CT molecular complexity index is 944. The molecule has 0 saturated carbocycles. The summed E-state index contributed by atoms with van der Waals surface area (Å²) in [4.78, 5) is 11.4. The number of nitrogens with one attached hydrogen (secondary N) is 2. The molecular weight excluding hydrogens is 326 g/mol. The molecule has 0 saturated heterocycles. The molecule has 0 aromatic heterocycles. The normalized spacial score (nSPS) is 14.6. The lowest BCUT2D eigenvalue weighted by molar-refractivity contribution is -0.115. The molecule has 6 nitrogen and oxygen atoms in total. The maximum Gasteiger partial charge on any atom is 0.242 e. The molecular formula is C17H15N3O3S. The van der Waals surface area contributed by atoms with Crippen LogP contribution in [-0.2, 0) is 21.2 Å². The molecule has 1 aliphatic rings. The number of fused-ring (bicyclic) bond motifs is 1. The molecule has 7 heteroatoms. The average molecular weight is 341 g/mol. The number of amides is 1. The van der Waals surface area contributed by atoms with E-state index in [0.717, 1.165) is 5.56 Å². The van der Waals surface area contributed by atoms with Crippen LogP contribution in [0.1, 0.15) is 22.7 Å². The zero-order valence-electron chi connectivity index (χ0n) is 12.9. The highest BCUT2D eigenvalue weighted by Crippen LogP contribution is 2.26. The van der Waals surface area contributed by atoms with E-state index >= 15 is 0 Å². The van der Waals surface area contributed by atoms with Gasteiger partial charge < -0.3 is 5.32 Å². The lowest BCUT2D eigenvalue weighted by atomic mass is 10.1. The zero-order chi connectivity index (χ0) is 17.3. The predicted molar refractivity (Wildman–Crippen MR) is 88.6 cm³/mol. The van der Waals surface area contributed by atoms with Gasteiger partial charge in [0.2, 0.25) is 15.9 Å². The van der Waals surface area contributed by atoms with Gasteiger partial charge in [0.15, 0.2) is 0 Å². The van der Waals surface area contributed by atoms with Crippen LogP contribution in [0.3, 0.4) is 0 Å². The molecule has 24 heavy (non-hydrogen) atoms. The molecule has 122 valence electrons. The van der Waals surface area contributed by atoms with Gasteiger partial charge in [-0.1, -0.05) is 29.8 Å². The Labute approximate surface area is 140 Å². The molecule has 1 heterocycles. The molecule has 2 aromatic carbocycles. The van der Waals surface area contributed by atoms with Gasteiger partial charge in [-0.25, -0.2) is 8.42 Å². The summed E-state index contributed by atoms with van der Waals surface area (Å²) in [5.41, 5.74) is 2.85. The van der Waals surface area contributed by atoms with E-state index in [-0.39, 0.29) is 17.2 Å². The molecule has 0 radical (unpaired) electrons. The zero-order valence-corrected chi connectivity index (χ0v) is 13.7. The van der Waals surface area contributed by atoms with E-state index in [0.29, 0.717) is 16.8 Å². The van der Waals surface area contributed by atoms with E-state index in [4.69, 9.17) is 0 Å². The predicted octanol–water partition coefficient (Wildman–Crippen LogP) is 2.03. The number of nitriles is 1. The number of benzene rings is 2. The van der Waals surface area contributed by atoms with Crippen molar-refractivity contribution in [2.24, 2.45) is 0 Å². The number of aryl methyl sites for hydroxylation is 1. The third-order valence-electron chi connectivity index (χ3n) is 3.82. The van der Waals surface area contributed by atoms with Gasteiger partial charge in [0.1, 0.15) is 6.04 Å². The van der Waals surface area contributed by atoms with Crippen LogP contribution in [0.15, 0.2) is 47.4 Å². The van der Waals surface area contributed by atoms with Gasteiger partial charge in [-0.2, -0.15) is 9.98 Å². The minimum Gasteiger partial charge on any atom is -0.326 e. The molecule has 0 spiro atoms. The molecule has 1 atom stereocenters. The van der Waals surface area contributed by atoms with Crippen LogP contribution in [-0.4, -0.2) is 14.3 Å². The summed E-state index contributed by atoms with van der Waals surface area (Å²) in [6.07, 6.45) is 0.151. The van der Waals surface area contributed by atoms with Crippen molar-refractivity contribution in [3.63, 3.8) is 0 Å². The van der Waals surface area contributed by atoms with Crippen molar-refractivity contribution in [2.75, 3.05) is 5.32 Å². The van der Waals surface area contributed by atoms with Crippen LogP contribution in [0.5, 0.6) is 0 Å². The topological polar surface area (TPSA) is 99.1 Å². The molecule has 3 rings (SSSR count). The van der Waals surface area contributed by atoms with Crippen molar-refractivity contribution in [1.29, 1.82) is 5.26 Å². The van der Waals surface area contributed by atoms with E-state index in [1.807, 2.05) is 25.1 Å². The molecule has 2 N–H and O–H groups in total. The summed E-state index contributed by atoms with van der Waals surface area (Å²) < 4.78 is 27.5. The summed E-state index contributed by atoms with van der Waals surface area (Å²) in [5.74, 6) is -0.165. The standard InChI is InChI=1S/C17H15N3O3S/c1-11-2-4-12(5-3-11)16(10-18)20-24(22,23)14-6-7-15-13(8-14)9-17(21)19-15/h2-8,16,20H,9H2,1H3,(H,19,21). The van der Waals surface area contributed by atoms with Crippen molar-refractivity contribution in [2.45, 2.75) is 24.3 Å². The van der Waals surface area contributed by atoms with Gasteiger partial charge in [-0.05, 0) is 36.2 Å². The van der Waals surface area contributed by atoms with Crippen molar-refractivity contribution in [3.05, 3.63) is 59.2 Å². The van der Waals surface area contributed by atoms with Crippen LogP contribution in [0.25, 0.3) is 0 Å². The van der Waals surface area contributed by atoms with Crippen LogP contribution in [0.2, 0.25) is 0 Å². The first-order valence-corrected chi connectivity index (χ1v) is 8.79. The number of sulfonamides is 1. The van der Waals surface area contributed by atoms with Crippen molar-refractivity contribution in [1.82, 2.24) is 4.72 Å². The second kappa shape index (κ2) is 6.07. The van der Waals surface area contributed by atoms with Gasteiger partial charge in [0, 0.05) is 5.69 Å². The molecule has 0 bridgehead atoms. The highest BCUT2D eigenvalue weighted by atomic mass is 32.2. The van der Waals surface area contributed by atoms with E-state index in [1.54, 1.807) is 18.2 Å². The van der Waals surface area contributed by atoms with Crippen molar-refractivity contribution >= 4 is 21.6 Å². The van der Waals surface area contributed by atoms with Crippen LogP contribution >= 0.6 is 0 Å². The highest BCUT2D eigenvalue weighted by Gasteiger charge is 2.24. The van der Waals surface area contributed by atoms with Gasteiger partial charge in [0.05, 0.1) is 17.4 Å². The number of hydrogen-bond donors (Lipinski definition) is 2. The smallest absolute Gasteiger partial charge is 0.242 e. The monoisotopic (exact) mass is 341 g/mol. The largest absolute Gasteiger partial charge is 0.326 e. The van der Waals surface area contributed by atoms with Crippen LogP contribution in [0.4, 0.5) is 5.69 Å². The van der Waals surface area contributed by atoms with Crippen LogP contribution < -0.4 is 10.0 Å². The summed E-state index contributed by atoms with van der Waals surface area (Å²) in [6.45, 7) is 1.91. The molecule has 0 fully saturated rings. The Morgan fingerprint density at radius 3 is 2.58 bits per heavy atom. The number of nitrogens with zero attached hydrogens (tertiary/aromatic N) is 1. The number of hydrogen-bond acceptors (Lipinski definition) is 4. The van der Waals surface area contributed by atoms with E-state index in [2.05, 4.69) is 10.0 Å². The minimum absolute atomic E-state index is 0.0325. The first-order valence-electron chi connectivity index (χ1n) is 7.30. The van der Waals surface area contributed by atoms with E-state index in [1.165, 1.54) is 12.1 Å². The number of carbonyl (C=O) groups is 1. The minimum atomic E-state index is -3.88. The Hall–Kier alpha value is -2.69. The van der Waals surface area contributed by atoms with Crippen molar-refractivity contribution in [3.8, 4) is 6.07 Å². The second-order valence-corrected chi connectivity index (χ2v) is 7.35. The summed E-state index contributed by atoms with van der Waals surface area (Å²) >= 11 is 0. The van der Waals surface area contributed by atoms with Crippen LogP contribution in [0, 0.1) is 18.3 Å². The average Bonchev–Trinajstić information content (AvgIpc) is 2.92. The first-order chi connectivity index (χ1) is 11.4. The van der Waals surface area contributed by atoms with Gasteiger partial charge >= 0.3 is 0 Å². The summed E-state index contributed by atoms with van der Waals surface area (Å²) in [6, 6.07) is 12.5. The molecule has 1 aliphatic heterocycles. The fraction of sp³-hybridized carbons (Fsp3) is 0.176. The maximum atomic E-state index is 12.6. The quantitative estimate of drug-likeness (QED) is 0.889. The van der Waals surface area contributed by atoms with Gasteiger partial charge in [-0.15, -0.1) is 0 Å². The SMILES string of the molecule is Cc1ccc(C(C#N)NS(=O)(=O)c2ccc3c(c2)CC(=O)N3)cc1. The van der Waals surface area contributed by atoms with Gasteiger partial charge in [-0.3, -0.25) is 4.79 Å². The fourth-order valence-corrected chi connectivity index (χ4v) is 3.70. The Balaban J connectivity index is 1.88. The van der Waals surface area contributed by atoms with E-state index in [9.17, 15) is 18.5 Å². The fourth-order valence-electron chi connectivity index (χ4n) is 2.52. The lowest BCUT2D eigenvalue weighted by Crippen LogP contribution is -2.27. The lowest BCUT2D eigenvalue weighted by Gasteiger charge is -2.13. The number of anilines is 1. The molecule has 2 aromatic rings. The summed E-state index contributed by atoms with van der Waals surface area (Å²) in [7, 11) is -3.88. The third kappa shape index (κ3) is 3.15. The summed E-state index contributed by atoms with van der Waals surface area (Å²) in [5, 5.41) is 12.0. The second-order valence-electron chi connectivity index (χ2n) is 5.64. The highest BCUT2D eigenvalue weighted by molar-refractivity contribution is 7.89. The van der Waals surface area contributed by atoms with Crippen molar-refractivity contribution < 1.29 is 13.2 Å². The molecule has 1 amide bonds. The maximum absolute atomic E-state index is 12.6. The molecule has 0 aliphatic carbocycles. The van der Waals surface area contributed by atoms with Gasteiger partial charge in [0.25, 0.3) is 0 Å². The van der Waals surface area contributed by atoms with E-state index < -0.39 is 16.1 Å².